The molecule has 0 aromatic carbocycles. The Morgan fingerprint density at radius 1 is 0.947 bits per heavy atom. The lowest BCUT2D eigenvalue weighted by Gasteiger charge is -2.32. The average molecular weight is 269 g/mol. The van der Waals surface area contributed by atoms with Crippen LogP contribution in [0, 0.1) is 0 Å². The first-order chi connectivity index (χ1) is 9.08. The van der Waals surface area contributed by atoms with Gasteiger partial charge in [0.15, 0.2) is 0 Å². The van der Waals surface area contributed by atoms with E-state index in [2.05, 4.69) is 5.16 Å². The minimum atomic E-state index is -0.821. The summed E-state index contributed by atoms with van der Waals surface area (Å²) in [5.41, 5.74) is -0.591. The highest BCUT2D eigenvalue weighted by Gasteiger charge is 2.43. The molecule has 0 aliphatic carbocycles. The second-order valence-corrected chi connectivity index (χ2v) is 4.35. The summed E-state index contributed by atoms with van der Waals surface area (Å²) in [6, 6.07) is -0.621. The number of hydrogen-bond acceptors (Lipinski definition) is 5. The number of carbonyl (C=O) groups excluding carboxylic acids is 3. The summed E-state index contributed by atoms with van der Waals surface area (Å²) in [5.74, 6) is -1.64. The van der Waals surface area contributed by atoms with Crippen molar-refractivity contribution in [1.29, 1.82) is 0 Å². The lowest BCUT2D eigenvalue weighted by Crippen LogP contribution is -2.60. The Balaban J connectivity index is 2.96. The van der Waals surface area contributed by atoms with Gasteiger partial charge in [0.1, 0.15) is 0 Å². The van der Waals surface area contributed by atoms with Gasteiger partial charge in [-0.15, -0.1) is 0 Å². The van der Waals surface area contributed by atoms with E-state index < -0.39 is 23.6 Å². The van der Waals surface area contributed by atoms with E-state index in [-0.39, 0.29) is 13.1 Å². The summed E-state index contributed by atoms with van der Waals surface area (Å²) >= 11 is 0. The average Bonchev–Trinajstić information content (AvgIpc) is 2.39. The van der Waals surface area contributed by atoms with Crippen LogP contribution in [0.1, 0.15) is 39.5 Å². The van der Waals surface area contributed by atoms with Gasteiger partial charge >= 0.3 is 6.03 Å². The van der Waals surface area contributed by atoms with Crippen molar-refractivity contribution < 1.29 is 19.6 Å². The zero-order chi connectivity index (χ0) is 14.4. The fourth-order valence-corrected chi connectivity index (χ4v) is 1.78. The quantitative estimate of drug-likeness (QED) is 0.579. The van der Waals surface area contributed by atoms with Crippen molar-refractivity contribution in [2.24, 2.45) is 5.16 Å². The van der Waals surface area contributed by atoms with E-state index in [4.69, 9.17) is 5.21 Å². The smallest absolute Gasteiger partial charge is 0.334 e. The number of urea groups is 1. The predicted octanol–water partition coefficient (Wildman–Crippen LogP) is 1.21. The normalized spacial score (nSPS) is 16.3. The molecule has 0 spiro atoms. The molecule has 0 bridgehead atoms. The summed E-state index contributed by atoms with van der Waals surface area (Å²) in [5, 5.41) is 11.5. The van der Waals surface area contributed by atoms with Crippen molar-refractivity contribution in [1.82, 2.24) is 9.80 Å². The molecule has 4 amide bonds. The van der Waals surface area contributed by atoms with Crippen LogP contribution in [0.4, 0.5) is 4.79 Å². The van der Waals surface area contributed by atoms with E-state index in [1.807, 2.05) is 13.8 Å². The molecule has 106 valence electrons. The molecule has 0 atom stereocenters. The third kappa shape index (κ3) is 3.10. The molecule has 1 aliphatic rings. The standard InChI is InChI=1S/C12H19N3O4/c1-3-5-7-14-10(16)9(13-19)11(17)15(12(14)18)8-6-4-2/h19H,3-8H2,1-2H3. The largest absolute Gasteiger partial charge is 0.410 e. The van der Waals surface area contributed by atoms with E-state index in [0.717, 1.165) is 22.6 Å². The summed E-state index contributed by atoms with van der Waals surface area (Å²) in [7, 11) is 0. The van der Waals surface area contributed by atoms with E-state index in [0.29, 0.717) is 12.8 Å². The topological polar surface area (TPSA) is 90.3 Å². The zero-order valence-corrected chi connectivity index (χ0v) is 11.3. The monoisotopic (exact) mass is 269 g/mol. The number of amides is 4. The summed E-state index contributed by atoms with van der Waals surface area (Å²) in [4.78, 5) is 37.8. The Kier molecular flexibility index (Phi) is 5.47. The van der Waals surface area contributed by atoms with Gasteiger partial charge in [-0.2, -0.15) is 0 Å². The van der Waals surface area contributed by atoms with Crippen LogP contribution in [0.2, 0.25) is 0 Å². The first-order valence-corrected chi connectivity index (χ1v) is 6.48. The van der Waals surface area contributed by atoms with Crippen LogP contribution in [0.15, 0.2) is 5.16 Å². The maximum atomic E-state index is 12.1. The fourth-order valence-electron chi connectivity index (χ4n) is 1.78. The van der Waals surface area contributed by atoms with Crippen molar-refractivity contribution >= 4 is 23.6 Å². The highest BCUT2D eigenvalue weighted by molar-refractivity contribution is 6.68. The van der Waals surface area contributed by atoms with Gasteiger partial charge in [0, 0.05) is 13.1 Å². The molecule has 1 fully saturated rings. The maximum absolute atomic E-state index is 12.1. The fraction of sp³-hybridized carbons (Fsp3) is 0.667. The SMILES string of the molecule is CCCCN1C(=O)C(=NO)C(=O)N(CCCC)C1=O. The van der Waals surface area contributed by atoms with E-state index >= 15 is 0 Å². The van der Waals surface area contributed by atoms with Gasteiger partial charge in [-0.25, -0.2) is 4.79 Å². The Hall–Kier alpha value is -1.92. The Bertz CT molecular complexity index is 374. The van der Waals surface area contributed by atoms with Crippen molar-refractivity contribution in [3.8, 4) is 0 Å². The third-order valence-corrected chi connectivity index (χ3v) is 2.93. The lowest BCUT2D eigenvalue weighted by atomic mass is 10.2. The maximum Gasteiger partial charge on any atom is 0.334 e. The molecule has 1 N–H and O–H groups in total. The predicted molar refractivity (Wildman–Crippen MR) is 67.9 cm³/mol. The molecule has 1 rings (SSSR count). The molecule has 0 aromatic heterocycles. The number of oxime groups is 1. The highest BCUT2D eigenvalue weighted by Crippen LogP contribution is 2.13. The van der Waals surface area contributed by atoms with Gasteiger partial charge < -0.3 is 5.21 Å². The van der Waals surface area contributed by atoms with E-state index in [1.165, 1.54) is 0 Å². The first-order valence-electron chi connectivity index (χ1n) is 6.48. The number of rotatable bonds is 6. The van der Waals surface area contributed by atoms with Crippen molar-refractivity contribution in [2.45, 2.75) is 39.5 Å². The van der Waals surface area contributed by atoms with Crippen LogP contribution in [-0.4, -0.2) is 51.7 Å². The first kappa shape index (κ1) is 15.1. The Morgan fingerprint density at radius 2 is 1.37 bits per heavy atom. The molecule has 1 heterocycles. The molecule has 0 saturated carbocycles. The van der Waals surface area contributed by atoms with Crippen LogP contribution >= 0.6 is 0 Å². The molecule has 1 aliphatic heterocycles. The Labute approximate surface area is 111 Å². The van der Waals surface area contributed by atoms with Crippen LogP contribution in [0.5, 0.6) is 0 Å². The van der Waals surface area contributed by atoms with Gasteiger partial charge in [-0.3, -0.25) is 19.4 Å². The number of hydrogen-bond donors (Lipinski definition) is 1. The summed E-state index contributed by atoms with van der Waals surface area (Å²) < 4.78 is 0. The minimum absolute atomic E-state index is 0.225. The number of barbiturate groups is 1. The molecule has 0 unspecified atom stereocenters. The van der Waals surface area contributed by atoms with Gasteiger partial charge in [0.05, 0.1) is 0 Å². The van der Waals surface area contributed by atoms with Crippen molar-refractivity contribution in [3.05, 3.63) is 0 Å². The van der Waals surface area contributed by atoms with Crippen LogP contribution in [-0.2, 0) is 9.59 Å². The Morgan fingerprint density at radius 3 is 1.68 bits per heavy atom. The summed E-state index contributed by atoms with van der Waals surface area (Å²) in [6.45, 7) is 4.31. The molecule has 0 aromatic rings. The van der Waals surface area contributed by atoms with Crippen molar-refractivity contribution in [3.63, 3.8) is 0 Å². The molecule has 19 heavy (non-hydrogen) atoms. The molecular formula is C12H19N3O4. The van der Waals surface area contributed by atoms with Gasteiger partial charge in [0.25, 0.3) is 11.8 Å². The molecule has 7 nitrogen and oxygen atoms in total. The molecular weight excluding hydrogens is 250 g/mol. The number of nitrogens with zero attached hydrogens (tertiary/aromatic N) is 3. The zero-order valence-electron chi connectivity index (χ0n) is 11.3. The van der Waals surface area contributed by atoms with Gasteiger partial charge in [-0.05, 0) is 12.8 Å². The second kappa shape index (κ2) is 6.86. The minimum Gasteiger partial charge on any atom is -0.410 e. The van der Waals surface area contributed by atoms with Crippen LogP contribution in [0.3, 0.4) is 0 Å². The van der Waals surface area contributed by atoms with Gasteiger partial charge in [0.2, 0.25) is 5.71 Å². The lowest BCUT2D eigenvalue weighted by molar-refractivity contribution is -0.130. The molecule has 1 saturated heterocycles. The van der Waals surface area contributed by atoms with Crippen molar-refractivity contribution in [2.75, 3.05) is 13.1 Å². The van der Waals surface area contributed by atoms with Crippen LogP contribution in [0.25, 0.3) is 0 Å². The summed E-state index contributed by atoms with van der Waals surface area (Å²) in [6.07, 6.45) is 2.91. The number of carbonyl (C=O) groups is 3. The number of imide groups is 2. The molecule has 0 radical (unpaired) electrons. The number of unbranched alkanes of at least 4 members (excludes halogenated alkanes) is 2. The van der Waals surface area contributed by atoms with Gasteiger partial charge in [-0.1, -0.05) is 31.8 Å². The van der Waals surface area contributed by atoms with E-state index in [1.54, 1.807) is 0 Å². The highest BCUT2D eigenvalue weighted by atomic mass is 16.4. The third-order valence-electron chi connectivity index (χ3n) is 2.93. The van der Waals surface area contributed by atoms with Crippen LogP contribution < -0.4 is 0 Å². The molecule has 7 heteroatoms. The second-order valence-electron chi connectivity index (χ2n) is 4.35. The van der Waals surface area contributed by atoms with E-state index in [9.17, 15) is 14.4 Å².